The summed E-state index contributed by atoms with van der Waals surface area (Å²) >= 11 is 13.9. The van der Waals surface area contributed by atoms with E-state index in [1.165, 1.54) is 11.3 Å². The van der Waals surface area contributed by atoms with E-state index in [-0.39, 0.29) is 5.91 Å². The number of likely N-dealkylation sites (tertiary alicyclic amines) is 1. The van der Waals surface area contributed by atoms with Crippen LogP contribution in [0.5, 0.6) is 0 Å². The first kappa shape index (κ1) is 21.3. The third-order valence-electron chi connectivity index (χ3n) is 5.58. The molecule has 1 saturated heterocycles. The van der Waals surface area contributed by atoms with Gasteiger partial charge >= 0.3 is 0 Å². The molecule has 1 fully saturated rings. The van der Waals surface area contributed by atoms with Crippen LogP contribution >= 0.6 is 34.5 Å². The van der Waals surface area contributed by atoms with E-state index in [0.717, 1.165) is 53.2 Å². The van der Waals surface area contributed by atoms with E-state index in [2.05, 4.69) is 16.0 Å². The number of aromatic nitrogens is 1. The topological polar surface area (TPSA) is 50.7 Å². The Balaban J connectivity index is 1.52. The number of fused-ring (bicyclic) bond motifs is 1. The van der Waals surface area contributed by atoms with Crippen LogP contribution < -0.4 is 4.80 Å². The Kier molecular flexibility index (Phi) is 6.09. The van der Waals surface area contributed by atoms with Crippen LogP contribution in [-0.2, 0) is 11.3 Å². The van der Waals surface area contributed by atoms with Crippen molar-refractivity contribution >= 4 is 57.1 Å². The van der Waals surface area contributed by atoms with Crippen LogP contribution in [0.4, 0.5) is 5.69 Å². The molecule has 5 nitrogen and oxygen atoms in total. The summed E-state index contributed by atoms with van der Waals surface area (Å²) in [6.07, 6.45) is 2.44. The molecule has 0 atom stereocenters. The first-order valence-electron chi connectivity index (χ1n) is 10.5. The van der Waals surface area contributed by atoms with Gasteiger partial charge in [-0.25, -0.2) is 4.99 Å². The molecule has 32 heavy (non-hydrogen) atoms. The van der Waals surface area contributed by atoms with Gasteiger partial charge in [-0.1, -0.05) is 41.4 Å². The fourth-order valence-electron chi connectivity index (χ4n) is 3.98. The van der Waals surface area contributed by atoms with Crippen molar-refractivity contribution in [3.05, 3.63) is 68.8 Å². The SMILES string of the molecule is O=C1CCCN1CCCn1c(-c2cc3ccccc3o2)csc1=Nc1ccc(Cl)cc1Cl. The minimum Gasteiger partial charge on any atom is -0.454 e. The predicted octanol–water partition coefficient (Wildman–Crippen LogP) is 6.51. The van der Waals surface area contributed by atoms with Crippen LogP contribution in [0.25, 0.3) is 22.4 Å². The summed E-state index contributed by atoms with van der Waals surface area (Å²) in [6, 6.07) is 15.3. The predicted molar refractivity (Wildman–Crippen MR) is 130 cm³/mol. The highest BCUT2D eigenvalue weighted by Gasteiger charge is 2.20. The number of hydrogen-bond acceptors (Lipinski definition) is 4. The molecule has 0 aliphatic carbocycles. The molecule has 0 bridgehead atoms. The third-order valence-corrected chi connectivity index (χ3v) is 6.98. The lowest BCUT2D eigenvalue weighted by Crippen LogP contribution is -2.27. The Morgan fingerprint density at radius 3 is 2.75 bits per heavy atom. The zero-order chi connectivity index (χ0) is 22.1. The maximum atomic E-state index is 12.0. The molecule has 0 N–H and O–H groups in total. The van der Waals surface area contributed by atoms with Gasteiger partial charge in [-0.3, -0.25) is 4.79 Å². The van der Waals surface area contributed by atoms with Gasteiger partial charge in [0, 0.05) is 41.8 Å². The van der Waals surface area contributed by atoms with Crippen LogP contribution in [0.2, 0.25) is 10.0 Å². The van der Waals surface area contributed by atoms with E-state index in [9.17, 15) is 4.79 Å². The molecular formula is C24H21Cl2N3O2S. The zero-order valence-corrected chi connectivity index (χ0v) is 19.6. The molecule has 2 aromatic heterocycles. The van der Waals surface area contributed by atoms with E-state index in [1.54, 1.807) is 12.1 Å². The average molecular weight is 486 g/mol. The van der Waals surface area contributed by atoms with Crippen LogP contribution in [0, 0.1) is 0 Å². The first-order valence-corrected chi connectivity index (χ1v) is 12.2. The second-order valence-electron chi connectivity index (χ2n) is 7.75. The number of carbonyl (C=O) groups is 1. The summed E-state index contributed by atoms with van der Waals surface area (Å²) in [5, 5.41) is 4.19. The van der Waals surface area contributed by atoms with Crippen LogP contribution in [0.1, 0.15) is 19.3 Å². The van der Waals surface area contributed by atoms with Crippen molar-refractivity contribution in [2.75, 3.05) is 13.1 Å². The number of amides is 1. The molecule has 4 aromatic rings. The molecule has 1 aliphatic rings. The normalized spacial score (nSPS) is 14.8. The number of nitrogens with zero attached hydrogens (tertiary/aromatic N) is 3. The summed E-state index contributed by atoms with van der Waals surface area (Å²) in [4.78, 5) is 19.6. The largest absolute Gasteiger partial charge is 0.454 e. The van der Waals surface area contributed by atoms with Crippen LogP contribution in [0.3, 0.4) is 0 Å². The van der Waals surface area contributed by atoms with Crippen molar-refractivity contribution in [2.24, 2.45) is 4.99 Å². The number of hydrogen-bond donors (Lipinski definition) is 0. The molecular weight excluding hydrogens is 465 g/mol. The number of rotatable bonds is 6. The lowest BCUT2D eigenvalue weighted by atomic mass is 10.2. The van der Waals surface area contributed by atoms with Gasteiger partial charge in [0.1, 0.15) is 5.58 Å². The molecule has 5 rings (SSSR count). The fourth-order valence-corrected chi connectivity index (χ4v) is 5.36. The van der Waals surface area contributed by atoms with Crippen molar-refractivity contribution in [1.29, 1.82) is 0 Å². The molecule has 8 heteroatoms. The second kappa shape index (κ2) is 9.14. The number of para-hydroxylation sites is 1. The molecule has 164 valence electrons. The summed E-state index contributed by atoms with van der Waals surface area (Å²) < 4.78 is 8.28. The minimum absolute atomic E-state index is 0.246. The first-order chi connectivity index (χ1) is 15.6. The van der Waals surface area contributed by atoms with E-state index >= 15 is 0 Å². The quantitative estimate of drug-likeness (QED) is 0.312. The highest BCUT2D eigenvalue weighted by molar-refractivity contribution is 7.07. The van der Waals surface area contributed by atoms with Crippen molar-refractivity contribution < 1.29 is 9.21 Å². The Morgan fingerprint density at radius 1 is 1.09 bits per heavy atom. The smallest absolute Gasteiger partial charge is 0.222 e. The average Bonchev–Trinajstić information content (AvgIpc) is 3.49. The summed E-state index contributed by atoms with van der Waals surface area (Å²) in [5.41, 5.74) is 2.47. The number of halogens is 2. The van der Waals surface area contributed by atoms with Gasteiger partial charge in [-0.05, 0) is 43.2 Å². The molecule has 0 spiro atoms. The highest BCUT2D eigenvalue weighted by atomic mass is 35.5. The van der Waals surface area contributed by atoms with Crippen molar-refractivity contribution in [2.45, 2.75) is 25.8 Å². The Labute approximate surface area is 199 Å². The van der Waals surface area contributed by atoms with Gasteiger partial charge in [0.2, 0.25) is 5.91 Å². The number of carbonyl (C=O) groups excluding carboxylic acids is 1. The molecule has 0 unspecified atom stereocenters. The van der Waals surface area contributed by atoms with Crippen LogP contribution in [0.15, 0.2) is 63.3 Å². The fraction of sp³-hybridized carbons (Fsp3) is 0.250. The third kappa shape index (κ3) is 4.35. The van der Waals surface area contributed by atoms with Gasteiger partial charge in [0.25, 0.3) is 0 Å². The zero-order valence-electron chi connectivity index (χ0n) is 17.3. The van der Waals surface area contributed by atoms with Crippen molar-refractivity contribution in [3.63, 3.8) is 0 Å². The number of benzene rings is 2. The lowest BCUT2D eigenvalue weighted by molar-refractivity contribution is -0.127. The molecule has 1 amide bonds. The van der Waals surface area contributed by atoms with Gasteiger partial charge in [0.15, 0.2) is 10.6 Å². The highest BCUT2D eigenvalue weighted by Crippen LogP contribution is 2.30. The van der Waals surface area contributed by atoms with Gasteiger partial charge in [-0.2, -0.15) is 0 Å². The lowest BCUT2D eigenvalue weighted by Gasteiger charge is -2.16. The van der Waals surface area contributed by atoms with E-state index < -0.39 is 0 Å². The molecule has 2 aromatic carbocycles. The molecule has 0 radical (unpaired) electrons. The maximum Gasteiger partial charge on any atom is 0.222 e. The molecule has 0 saturated carbocycles. The Hall–Kier alpha value is -2.54. The van der Waals surface area contributed by atoms with Crippen molar-refractivity contribution in [3.8, 4) is 11.5 Å². The van der Waals surface area contributed by atoms with Gasteiger partial charge in [-0.15, -0.1) is 11.3 Å². The van der Waals surface area contributed by atoms with E-state index in [0.29, 0.717) is 28.7 Å². The van der Waals surface area contributed by atoms with E-state index in [1.807, 2.05) is 35.2 Å². The molecule has 3 heterocycles. The number of thiazole rings is 1. The maximum absolute atomic E-state index is 12.0. The van der Waals surface area contributed by atoms with Crippen LogP contribution in [-0.4, -0.2) is 28.5 Å². The monoisotopic (exact) mass is 485 g/mol. The standard InChI is InChI=1S/C24H21Cl2N3O2S/c25-17-8-9-19(18(26)14-17)27-24-29(12-4-11-28-10-3-7-23(28)30)20(15-32-24)22-13-16-5-1-2-6-21(16)31-22/h1-2,5-6,8-9,13-15H,3-4,7,10-12H2. The number of furan rings is 1. The summed E-state index contributed by atoms with van der Waals surface area (Å²) in [5.74, 6) is 1.04. The summed E-state index contributed by atoms with van der Waals surface area (Å²) in [6.45, 7) is 2.30. The summed E-state index contributed by atoms with van der Waals surface area (Å²) in [7, 11) is 0. The Morgan fingerprint density at radius 2 is 1.97 bits per heavy atom. The Bertz CT molecular complexity index is 1320. The van der Waals surface area contributed by atoms with E-state index in [4.69, 9.17) is 32.6 Å². The van der Waals surface area contributed by atoms with Crippen molar-refractivity contribution in [1.82, 2.24) is 9.47 Å². The minimum atomic E-state index is 0.246. The van der Waals surface area contributed by atoms with Gasteiger partial charge < -0.3 is 13.9 Å². The second-order valence-corrected chi connectivity index (χ2v) is 9.43. The molecule has 1 aliphatic heterocycles. The van der Waals surface area contributed by atoms with Gasteiger partial charge in [0.05, 0.1) is 16.4 Å².